The van der Waals surface area contributed by atoms with Gasteiger partial charge < -0.3 is 15.4 Å². The Labute approximate surface area is 116 Å². The van der Waals surface area contributed by atoms with E-state index in [-0.39, 0.29) is 18.3 Å². The molecular formula is C13H25ClN2O2. The van der Waals surface area contributed by atoms with Crippen molar-refractivity contribution in [2.24, 2.45) is 5.92 Å². The predicted octanol–water partition coefficient (Wildman–Crippen LogP) is 1.48. The van der Waals surface area contributed by atoms with Crippen molar-refractivity contribution in [1.29, 1.82) is 0 Å². The molecule has 0 aromatic rings. The third-order valence-electron chi connectivity index (χ3n) is 4.24. The molecule has 18 heavy (non-hydrogen) atoms. The monoisotopic (exact) mass is 276 g/mol. The molecule has 1 heterocycles. The second-order valence-electron chi connectivity index (χ2n) is 5.31. The third-order valence-corrected chi connectivity index (χ3v) is 4.24. The largest absolute Gasteiger partial charge is 0.368 e. The van der Waals surface area contributed by atoms with Gasteiger partial charge in [0.05, 0.1) is 0 Å². The molecule has 0 atom stereocenters. The average molecular weight is 277 g/mol. The summed E-state index contributed by atoms with van der Waals surface area (Å²) in [6, 6.07) is 0. The number of ether oxygens (including phenoxy) is 1. The lowest BCUT2D eigenvalue weighted by atomic mass is 9.91. The maximum Gasteiger partial charge on any atom is 0.252 e. The number of amides is 1. The van der Waals surface area contributed by atoms with Gasteiger partial charge >= 0.3 is 0 Å². The first-order valence-corrected chi connectivity index (χ1v) is 6.81. The minimum Gasteiger partial charge on any atom is -0.368 e. The van der Waals surface area contributed by atoms with Crippen molar-refractivity contribution in [3.8, 4) is 0 Å². The maximum atomic E-state index is 12.2. The van der Waals surface area contributed by atoms with Crippen LogP contribution in [0.4, 0.5) is 0 Å². The van der Waals surface area contributed by atoms with Crippen molar-refractivity contribution in [3.05, 3.63) is 0 Å². The fourth-order valence-electron chi connectivity index (χ4n) is 2.97. The van der Waals surface area contributed by atoms with Gasteiger partial charge in [0, 0.05) is 13.7 Å². The standard InChI is InChI=1S/C13H24N2O2.ClH/c1-17-13(6-8-14-9-7-13)12(16)15-10-11-4-2-3-5-11;/h11,14H,2-10H2,1H3,(H,15,16);1H. The highest BCUT2D eigenvalue weighted by molar-refractivity contribution is 5.85. The van der Waals surface area contributed by atoms with Gasteiger partial charge in [0.25, 0.3) is 5.91 Å². The van der Waals surface area contributed by atoms with Crippen molar-refractivity contribution in [1.82, 2.24) is 10.6 Å². The molecule has 0 radical (unpaired) electrons. The smallest absolute Gasteiger partial charge is 0.252 e. The van der Waals surface area contributed by atoms with Gasteiger partial charge in [0.15, 0.2) is 0 Å². The zero-order valence-corrected chi connectivity index (χ0v) is 12.0. The van der Waals surface area contributed by atoms with E-state index in [0.29, 0.717) is 5.92 Å². The Kier molecular flexibility index (Phi) is 6.39. The summed E-state index contributed by atoms with van der Waals surface area (Å²) in [6.07, 6.45) is 6.73. The summed E-state index contributed by atoms with van der Waals surface area (Å²) < 4.78 is 5.50. The fourth-order valence-corrected chi connectivity index (χ4v) is 2.97. The Bertz CT molecular complexity index is 262. The number of halogens is 1. The first-order chi connectivity index (χ1) is 8.27. The van der Waals surface area contributed by atoms with Crippen molar-refractivity contribution >= 4 is 18.3 Å². The van der Waals surface area contributed by atoms with Crippen LogP contribution in [0.1, 0.15) is 38.5 Å². The van der Waals surface area contributed by atoms with E-state index in [2.05, 4.69) is 10.6 Å². The summed E-state index contributed by atoms with van der Waals surface area (Å²) in [5.41, 5.74) is -0.580. The Hall–Kier alpha value is -0.320. The minimum absolute atomic E-state index is 0. The van der Waals surface area contributed by atoms with E-state index in [0.717, 1.165) is 32.5 Å². The van der Waals surface area contributed by atoms with E-state index in [9.17, 15) is 4.79 Å². The fraction of sp³-hybridized carbons (Fsp3) is 0.923. The molecule has 2 rings (SSSR count). The van der Waals surface area contributed by atoms with E-state index in [4.69, 9.17) is 4.74 Å². The highest BCUT2D eigenvalue weighted by Crippen LogP contribution is 2.25. The molecule has 0 aromatic carbocycles. The highest BCUT2D eigenvalue weighted by atomic mass is 35.5. The third kappa shape index (κ3) is 3.59. The molecule has 106 valence electrons. The molecule has 0 spiro atoms. The molecule has 1 saturated heterocycles. The average Bonchev–Trinajstić information content (AvgIpc) is 2.90. The number of rotatable bonds is 4. The first kappa shape index (κ1) is 15.7. The molecule has 0 unspecified atom stereocenters. The van der Waals surface area contributed by atoms with Gasteiger partial charge in [-0.05, 0) is 44.7 Å². The van der Waals surface area contributed by atoms with Crippen molar-refractivity contribution in [2.75, 3.05) is 26.7 Å². The van der Waals surface area contributed by atoms with Gasteiger partial charge in [-0.2, -0.15) is 0 Å². The Morgan fingerprint density at radius 3 is 2.50 bits per heavy atom. The van der Waals surface area contributed by atoms with Gasteiger partial charge in [-0.1, -0.05) is 12.8 Å². The number of hydrogen-bond acceptors (Lipinski definition) is 3. The number of carbonyl (C=O) groups is 1. The number of methoxy groups -OCH3 is 1. The summed E-state index contributed by atoms with van der Waals surface area (Å²) in [6.45, 7) is 2.56. The number of hydrogen-bond donors (Lipinski definition) is 2. The number of piperidine rings is 1. The quantitative estimate of drug-likeness (QED) is 0.818. The molecule has 2 aliphatic rings. The predicted molar refractivity (Wildman–Crippen MR) is 74.1 cm³/mol. The zero-order chi connectivity index (χ0) is 12.1. The van der Waals surface area contributed by atoms with Crippen LogP contribution in [0, 0.1) is 5.92 Å². The summed E-state index contributed by atoms with van der Waals surface area (Å²) >= 11 is 0. The van der Waals surface area contributed by atoms with E-state index in [1.54, 1.807) is 7.11 Å². The van der Waals surface area contributed by atoms with Crippen LogP contribution in [0.2, 0.25) is 0 Å². The van der Waals surface area contributed by atoms with Crippen LogP contribution in [0.25, 0.3) is 0 Å². The lowest BCUT2D eigenvalue weighted by Crippen LogP contribution is -2.54. The zero-order valence-electron chi connectivity index (χ0n) is 11.2. The molecule has 1 aliphatic carbocycles. The highest BCUT2D eigenvalue weighted by Gasteiger charge is 2.39. The minimum atomic E-state index is -0.580. The molecule has 0 aromatic heterocycles. The Morgan fingerprint density at radius 2 is 1.94 bits per heavy atom. The SMILES string of the molecule is COC1(C(=O)NCC2CCCC2)CCNCC1.Cl. The van der Waals surface area contributed by atoms with Crippen LogP contribution in [0.5, 0.6) is 0 Å². The molecule has 5 heteroatoms. The second-order valence-corrected chi connectivity index (χ2v) is 5.31. The Morgan fingerprint density at radius 1 is 1.33 bits per heavy atom. The summed E-state index contributed by atoms with van der Waals surface area (Å²) in [5.74, 6) is 0.781. The van der Waals surface area contributed by atoms with Gasteiger partial charge in [-0.15, -0.1) is 12.4 Å². The van der Waals surface area contributed by atoms with E-state index in [1.807, 2.05) is 0 Å². The molecule has 0 bridgehead atoms. The van der Waals surface area contributed by atoms with Crippen molar-refractivity contribution < 1.29 is 9.53 Å². The van der Waals surface area contributed by atoms with Crippen LogP contribution in [0.15, 0.2) is 0 Å². The molecular weight excluding hydrogens is 252 g/mol. The molecule has 4 nitrogen and oxygen atoms in total. The van der Waals surface area contributed by atoms with Crippen molar-refractivity contribution in [2.45, 2.75) is 44.1 Å². The summed E-state index contributed by atoms with van der Waals surface area (Å²) in [5, 5.41) is 6.36. The van der Waals surface area contributed by atoms with Crippen LogP contribution in [0.3, 0.4) is 0 Å². The normalized spacial score (nSPS) is 23.4. The van der Waals surface area contributed by atoms with Crippen molar-refractivity contribution in [3.63, 3.8) is 0 Å². The summed E-state index contributed by atoms with van der Waals surface area (Å²) in [4.78, 5) is 12.2. The first-order valence-electron chi connectivity index (χ1n) is 6.81. The van der Waals surface area contributed by atoms with Gasteiger partial charge in [0.2, 0.25) is 0 Å². The van der Waals surface area contributed by atoms with Gasteiger partial charge in [-0.3, -0.25) is 4.79 Å². The van der Waals surface area contributed by atoms with Crippen LogP contribution >= 0.6 is 12.4 Å². The number of nitrogens with one attached hydrogen (secondary N) is 2. The summed E-state index contributed by atoms with van der Waals surface area (Å²) in [7, 11) is 1.65. The van der Waals surface area contributed by atoms with Crippen LogP contribution in [-0.2, 0) is 9.53 Å². The lowest BCUT2D eigenvalue weighted by molar-refractivity contribution is -0.146. The second kappa shape index (κ2) is 7.31. The van der Waals surface area contributed by atoms with Crippen LogP contribution < -0.4 is 10.6 Å². The van der Waals surface area contributed by atoms with E-state index >= 15 is 0 Å². The van der Waals surface area contributed by atoms with Gasteiger partial charge in [-0.25, -0.2) is 0 Å². The van der Waals surface area contributed by atoms with Crippen LogP contribution in [-0.4, -0.2) is 38.3 Å². The van der Waals surface area contributed by atoms with E-state index in [1.165, 1.54) is 25.7 Å². The topological polar surface area (TPSA) is 50.4 Å². The number of carbonyl (C=O) groups excluding carboxylic acids is 1. The molecule has 1 saturated carbocycles. The molecule has 1 amide bonds. The Balaban J connectivity index is 0.00000162. The molecule has 1 aliphatic heterocycles. The maximum absolute atomic E-state index is 12.2. The molecule has 2 N–H and O–H groups in total. The van der Waals surface area contributed by atoms with E-state index < -0.39 is 5.60 Å². The lowest BCUT2D eigenvalue weighted by Gasteiger charge is -2.35. The molecule has 2 fully saturated rings. The van der Waals surface area contributed by atoms with Gasteiger partial charge in [0.1, 0.15) is 5.60 Å².